The molecule has 0 saturated carbocycles. The van der Waals surface area contributed by atoms with Crippen LogP contribution in [0.3, 0.4) is 0 Å². The molecule has 1 heterocycles. The summed E-state index contributed by atoms with van der Waals surface area (Å²) >= 11 is 1.74. The zero-order valence-corrected chi connectivity index (χ0v) is 11.2. The fourth-order valence-corrected chi connectivity index (χ4v) is 2.24. The molecule has 0 aliphatic carbocycles. The van der Waals surface area contributed by atoms with Crippen molar-refractivity contribution in [3.8, 4) is 0 Å². The number of nitrogens with zero attached hydrogens (tertiary/aromatic N) is 1. The van der Waals surface area contributed by atoms with Crippen LogP contribution in [0.25, 0.3) is 0 Å². The molecule has 0 aliphatic heterocycles. The van der Waals surface area contributed by atoms with Gasteiger partial charge in [0.15, 0.2) is 0 Å². The van der Waals surface area contributed by atoms with Crippen molar-refractivity contribution in [3.05, 3.63) is 16.1 Å². The predicted molar refractivity (Wildman–Crippen MR) is 68.7 cm³/mol. The number of aromatic nitrogens is 1. The van der Waals surface area contributed by atoms with Crippen molar-refractivity contribution >= 4 is 11.3 Å². The number of hydrogen-bond acceptors (Lipinski definition) is 4. The Morgan fingerprint density at radius 2 is 2.25 bits per heavy atom. The van der Waals surface area contributed by atoms with E-state index in [4.69, 9.17) is 0 Å². The van der Waals surface area contributed by atoms with E-state index in [-0.39, 0.29) is 6.10 Å². The lowest BCUT2D eigenvalue weighted by molar-refractivity contribution is 0.113. The molecule has 1 aromatic rings. The van der Waals surface area contributed by atoms with Gasteiger partial charge in [-0.05, 0) is 12.3 Å². The standard InChI is InChI=1S/C12H22N2OS/c1-4-9(3)11(15)8-13-6-10-7-14-12(5-2)16-10/h7,9,11,13,15H,4-6,8H2,1-3H3. The van der Waals surface area contributed by atoms with E-state index in [2.05, 4.69) is 31.1 Å². The smallest absolute Gasteiger partial charge is 0.0925 e. The highest BCUT2D eigenvalue weighted by Crippen LogP contribution is 2.13. The van der Waals surface area contributed by atoms with Gasteiger partial charge in [-0.25, -0.2) is 4.98 Å². The Balaban J connectivity index is 2.24. The summed E-state index contributed by atoms with van der Waals surface area (Å²) in [7, 11) is 0. The molecule has 2 N–H and O–H groups in total. The van der Waals surface area contributed by atoms with Gasteiger partial charge in [0.2, 0.25) is 0 Å². The van der Waals surface area contributed by atoms with Crippen molar-refractivity contribution in [2.45, 2.75) is 46.3 Å². The number of nitrogens with one attached hydrogen (secondary N) is 1. The number of thiazole rings is 1. The molecular formula is C12H22N2OS. The summed E-state index contributed by atoms with van der Waals surface area (Å²) in [4.78, 5) is 5.54. The molecule has 1 aromatic heterocycles. The molecule has 0 aliphatic rings. The monoisotopic (exact) mass is 242 g/mol. The van der Waals surface area contributed by atoms with Gasteiger partial charge in [-0.2, -0.15) is 0 Å². The Kier molecular flexibility index (Phi) is 5.95. The zero-order valence-electron chi connectivity index (χ0n) is 10.4. The molecule has 2 unspecified atom stereocenters. The molecule has 16 heavy (non-hydrogen) atoms. The molecule has 0 saturated heterocycles. The first kappa shape index (κ1) is 13.6. The quantitative estimate of drug-likeness (QED) is 0.770. The largest absolute Gasteiger partial charge is 0.392 e. The van der Waals surface area contributed by atoms with Crippen LogP contribution in [-0.2, 0) is 13.0 Å². The van der Waals surface area contributed by atoms with E-state index in [1.165, 1.54) is 9.88 Å². The molecule has 0 bridgehead atoms. The van der Waals surface area contributed by atoms with Gasteiger partial charge in [-0.15, -0.1) is 11.3 Å². The van der Waals surface area contributed by atoms with Crippen LogP contribution in [0.15, 0.2) is 6.20 Å². The van der Waals surface area contributed by atoms with Crippen molar-refractivity contribution in [1.29, 1.82) is 0 Å². The van der Waals surface area contributed by atoms with Crippen molar-refractivity contribution in [3.63, 3.8) is 0 Å². The summed E-state index contributed by atoms with van der Waals surface area (Å²) in [6, 6.07) is 0. The summed E-state index contributed by atoms with van der Waals surface area (Å²) < 4.78 is 0. The second-order valence-electron chi connectivity index (χ2n) is 4.16. The highest BCUT2D eigenvalue weighted by Gasteiger charge is 2.11. The average molecular weight is 242 g/mol. The zero-order chi connectivity index (χ0) is 12.0. The van der Waals surface area contributed by atoms with E-state index >= 15 is 0 Å². The summed E-state index contributed by atoms with van der Waals surface area (Å²) in [5.74, 6) is 0.361. The Morgan fingerprint density at radius 1 is 1.50 bits per heavy atom. The van der Waals surface area contributed by atoms with Crippen molar-refractivity contribution in [2.75, 3.05) is 6.54 Å². The summed E-state index contributed by atoms with van der Waals surface area (Å²) in [5, 5.41) is 14.2. The maximum absolute atomic E-state index is 9.77. The fraction of sp³-hybridized carbons (Fsp3) is 0.750. The lowest BCUT2D eigenvalue weighted by Crippen LogP contribution is -2.30. The van der Waals surface area contributed by atoms with Crippen LogP contribution in [0.2, 0.25) is 0 Å². The summed E-state index contributed by atoms with van der Waals surface area (Å²) in [6.45, 7) is 7.76. The molecule has 0 radical (unpaired) electrons. The van der Waals surface area contributed by atoms with Gasteiger partial charge in [-0.1, -0.05) is 27.2 Å². The van der Waals surface area contributed by atoms with Crippen LogP contribution in [0.1, 0.15) is 37.1 Å². The molecule has 92 valence electrons. The molecule has 0 amide bonds. The Hall–Kier alpha value is -0.450. The second kappa shape index (κ2) is 6.99. The third-order valence-corrected chi connectivity index (χ3v) is 4.00. The van der Waals surface area contributed by atoms with Gasteiger partial charge in [0.25, 0.3) is 0 Å². The molecule has 0 spiro atoms. The molecule has 0 aromatic carbocycles. The second-order valence-corrected chi connectivity index (χ2v) is 5.36. The van der Waals surface area contributed by atoms with E-state index in [0.29, 0.717) is 12.5 Å². The van der Waals surface area contributed by atoms with Gasteiger partial charge < -0.3 is 10.4 Å². The molecule has 0 fully saturated rings. The van der Waals surface area contributed by atoms with Crippen LogP contribution < -0.4 is 5.32 Å². The van der Waals surface area contributed by atoms with Gasteiger partial charge in [0.1, 0.15) is 0 Å². The highest BCUT2D eigenvalue weighted by atomic mass is 32.1. The third-order valence-electron chi connectivity index (χ3n) is 2.86. The minimum Gasteiger partial charge on any atom is -0.392 e. The van der Waals surface area contributed by atoms with E-state index in [0.717, 1.165) is 19.4 Å². The fourth-order valence-electron chi connectivity index (χ4n) is 1.41. The SMILES string of the molecule is CCc1ncc(CNCC(O)C(C)CC)s1. The van der Waals surface area contributed by atoms with Crippen LogP contribution >= 0.6 is 11.3 Å². The number of aliphatic hydroxyl groups is 1. The van der Waals surface area contributed by atoms with E-state index in [1.54, 1.807) is 11.3 Å². The Bertz CT molecular complexity index is 301. The van der Waals surface area contributed by atoms with Gasteiger partial charge in [-0.3, -0.25) is 0 Å². The Morgan fingerprint density at radius 3 is 2.81 bits per heavy atom. The number of aryl methyl sites for hydroxylation is 1. The first-order valence-electron chi connectivity index (χ1n) is 5.99. The topological polar surface area (TPSA) is 45.2 Å². The lowest BCUT2D eigenvalue weighted by Gasteiger charge is -2.17. The van der Waals surface area contributed by atoms with Gasteiger partial charge in [0.05, 0.1) is 11.1 Å². The molecular weight excluding hydrogens is 220 g/mol. The number of aliphatic hydroxyl groups excluding tert-OH is 1. The highest BCUT2D eigenvalue weighted by molar-refractivity contribution is 7.11. The summed E-state index contributed by atoms with van der Waals surface area (Å²) in [6.07, 6.45) is 3.69. The Labute approximate surface area is 102 Å². The lowest BCUT2D eigenvalue weighted by atomic mass is 10.0. The van der Waals surface area contributed by atoms with Crippen molar-refractivity contribution < 1.29 is 5.11 Å². The van der Waals surface area contributed by atoms with Crippen LogP contribution in [0, 0.1) is 5.92 Å². The maximum Gasteiger partial charge on any atom is 0.0925 e. The molecule has 3 nitrogen and oxygen atoms in total. The van der Waals surface area contributed by atoms with E-state index in [9.17, 15) is 5.11 Å². The minimum absolute atomic E-state index is 0.247. The van der Waals surface area contributed by atoms with Crippen LogP contribution in [-0.4, -0.2) is 22.7 Å². The molecule has 2 atom stereocenters. The van der Waals surface area contributed by atoms with Crippen LogP contribution in [0.4, 0.5) is 0 Å². The van der Waals surface area contributed by atoms with Crippen molar-refractivity contribution in [2.24, 2.45) is 5.92 Å². The van der Waals surface area contributed by atoms with Gasteiger partial charge >= 0.3 is 0 Å². The van der Waals surface area contributed by atoms with E-state index < -0.39 is 0 Å². The molecule has 1 rings (SSSR count). The molecule has 4 heteroatoms. The van der Waals surface area contributed by atoms with Crippen molar-refractivity contribution in [1.82, 2.24) is 10.3 Å². The van der Waals surface area contributed by atoms with Gasteiger partial charge in [0, 0.05) is 24.2 Å². The predicted octanol–water partition coefficient (Wildman–Crippen LogP) is 2.20. The number of hydrogen-bond donors (Lipinski definition) is 2. The maximum atomic E-state index is 9.77. The van der Waals surface area contributed by atoms with E-state index in [1.807, 2.05) is 6.20 Å². The first-order chi connectivity index (χ1) is 7.67. The number of rotatable bonds is 7. The minimum atomic E-state index is -0.247. The third kappa shape index (κ3) is 4.20. The first-order valence-corrected chi connectivity index (χ1v) is 6.81. The summed E-state index contributed by atoms with van der Waals surface area (Å²) in [5.41, 5.74) is 0. The van der Waals surface area contributed by atoms with Crippen LogP contribution in [0.5, 0.6) is 0 Å². The normalized spacial score (nSPS) is 15.0. The average Bonchev–Trinajstić information content (AvgIpc) is 2.75.